The van der Waals surface area contributed by atoms with Gasteiger partial charge in [0, 0.05) is 24.7 Å². The molecule has 0 saturated carbocycles. The quantitative estimate of drug-likeness (QED) is 0.815. The van der Waals surface area contributed by atoms with Gasteiger partial charge >= 0.3 is 0 Å². The molecule has 1 aromatic carbocycles. The Labute approximate surface area is 103 Å². The average molecular weight is 234 g/mol. The van der Waals surface area contributed by atoms with E-state index in [0.717, 1.165) is 32.5 Å². The van der Waals surface area contributed by atoms with Crippen molar-refractivity contribution in [2.75, 3.05) is 24.5 Å². The number of aliphatic hydroxyl groups is 1. The van der Waals surface area contributed by atoms with E-state index in [1.165, 1.54) is 11.3 Å². The molecular weight excluding hydrogens is 212 g/mol. The summed E-state index contributed by atoms with van der Waals surface area (Å²) in [6, 6.07) is 8.56. The van der Waals surface area contributed by atoms with Crippen molar-refractivity contribution in [3.63, 3.8) is 0 Å². The molecule has 0 amide bonds. The van der Waals surface area contributed by atoms with Gasteiger partial charge in [-0.15, -0.1) is 0 Å². The summed E-state index contributed by atoms with van der Waals surface area (Å²) < 4.78 is 0. The number of benzene rings is 1. The maximum Gasteiger partial charge on any atom is 0.0528 e. The lowest BCUT2D eigenvalue weighted by Gasteiger charge is -2.20. The van der Waals surface area contributed by atoms with Crippen LogP contribution in [0, 0.1) is 0 Å². The van der Waals surface area contributed by atoms with Crippen LogP contribution in [-0.2, 0) is 0 Å². The Morgan fingerprint density at radius 1 is 1.47 bits per heavy atom. The van der Waals surface area contributed by atoms with Crippen LogP contribution >= 0.6 is 0 Å². The van der Waals surface area contributed by atoms with E-state index in [2.05, 4.69) is 29.2 Å². The lowest BCUT2D eigenvalue weighted by Crippen LogP contribution is -2.26. The van der Waals surface area contributed by atoms with Crippen molar-refractivity contribution >= 4 is 5.69 Å². The molecule has 3 nitrogen and oxygen atoms in total. The molecule has 2 atom stereocenters. The predicted octanol–water partition coefficient (Wildman–Crippen LogP) is 1.71. The first-order valence-electron chi connectivity index (χ1n) is 6.44. The molecule has 3 heteroatoms. The molecule has 17 heavy (non-hydrogen) atoms. The zero-order valence-electron chi connectivity index (χ0n) is 10.5. The summed E-state index contributed by atoms with van der Waals surface area (Å²) in [6.45, 7) is 4.56. The molecule has 0 spiro atoms. The largest absolute Gasteiger partial charge is 0.393 e. The fourth-order valence-corrected chi connectivity index (χ4v) is 2.59. The maximum atomic E-state index is 9.38. The van der Waals surface area contributed by atoms with Gasteiger partial charge in [0.1, 0.15) is 0 Å². The summed E-state index contributed by atoms with van der Waals surface area (Å²) in [5, 5.41) is 9.38. The minimum absolute atomic E-state index is 0.226. The molecule has 1 heterocycles. The molecule has 0 radical (unpaired) electrons. The van der Waals surface area contributed by atoms with E-state index in [0.29, 0.717) is 5.92 Å². The van der Waals surface area contributed by atoms with Crippen LogP contribution in [0.4, 0.5) is 5.69 Å². The van der Waals surface area contributed by atoms with Gasteiger partial charge in [-0.25, -0.2) is 0 Å². The smallest absolute Gasteiger partial charge is 0.0528 e. The van der Waals surface area contributed by atoms with Gasteiger partial charge in [0.25, 0.3) is 0 Å². The molecule has 1 aromatic rings. The molecule has 0 fully saturated rings. The fourth-order valence-electron chi connectivity index (χ4n) is 2.59. The number of aliphatic hydroxyl groups excluding tert-OH is 1. The van der Waals surface area contributed by atoms with Gasteiger partial charge in [-0.05, 0) is 37.9 Å². The first kappa shape index (κ1) is 12.4. The van der Waals surface area contributed by atoms with Crippen LogP contribution < -0.4 is 10.6 Å². The van der Waals surface area contributed by atoms with E-state index in [1.807, 2.05) is 6.92 Å². The predicted molar refractivity (Wildman–Crippen MR) is 71.4 cm³/mol. The first-order valence-corrected chi connectivity index (χ1v) is 6.44. The van der Waals surface area contributed by atoms with E-state index in [1.54, 1.807) is 0 Å². The average Bonchev–Trinajstić information content (AvgIpc) is 2.66. The van der Waals surface area contributed by atoms with Crippen molar-refractivity contribution in [3.05, 3.63) is 29.8 Å². The molecule has 0 aromatic heterocycles. The highest BCUT2D eigenvalue weighted by molar-refractivity contribution is 5.60. The molecule has 1 aliphatic rings. The Hall–Kier alpha value is -1.06. The summed E-state index contributed by atoms with van der Waals surface area (Å²) >= 11 is 0. The number of anilines is 1. The maximum absolute atomic E-state index is 9.38. The second-order valence-corrected chi connectivity index (χ2v) is 4.92. The molecular formula is C14H22N2O. The Balaban J connectivity index is 2.11. The van der Waals surface area contributed by atoms with Gasteiger partial charge in [0.15, 0.2) is 0 Å². The van der Waals surface area contributed by atoms with Crippen LogP contribution in [0.5, 0.6) is 0 Å². The minimum Gasteiger partial charge on any atom is -0.393 e. The first-order chi connectivity index (χ1) is 8.22. The fraction of sp³-hybridized carbons (Fsp3) is 0.571. The monoisotopic (exact) mass is 234 g/mol. The summed E-state index contributed by atoms with van der Waals surface area (Å²) in [5.41, 5.74) is 8.42. The number of nitrogens with zero attached hydrogens (tertiary/aromatic N) is 1. The molecule has 0 saturated heterocycles. The van der Waals surface area contributed by atoms with Crippen molar-refractivity contribution in [2.24, 2.45) is 5.73 Å². The second kappa shape index (κ2) is 5.52. The Bertz CT molecular complexity index is 365. The highest BCUT2D eigenvalue weighted by Gasteiger charge is 2.27. The number of fused-ring (bicyclic) bond motifs is 1. The molecule has 94 valence electrons. The highest BCUT2D eigenvalue weighted by Crippen LogP contribution is 2.37. The minimum atomic E-state index is -0.226. The lowest BCUT2D eigenvalue weighted by atomic mass is 9.98. The van der Waals surface area contributed by atoms with Crippen LogP contribution in [0.3, 0.4) is 0 Å². The highest BCUT2D eigenvalue weighted by atomic mass is 16.3. The summed E-state index contributed by atoms with van der Waals surface area (Å²) in [6.07, 6.45) is 1.64. The van der Waals surface area contributed by atoms with Crippen LogP contribution in [0.2, 0.25) is 0 Å². The van der Waals surface area contributed by atoms with Gasteiger partial charge < -0.3 is 15.7 Å². The van der Waals surface area contributed by atoms with E-state index in [9.17, 15) is 5.11 Å². The van der Waals surface area contributed by atoms with Gasteiger partial charge in [0.05, 0.1) is 6.10 Å². The second-order valence-electron chi connectivity index (χ2n) is 4.92. The third-order valence-corrected chi connectivity index (χ3v) is 3.49. The standard InChI is InChI=1S/C14H22N2O/c1-11(17)7-9-16-10-12(6-8-15)13-4-2-3-5-14(13)16/h2-5,11-12,17H,6-10,15H2,1H3. The number of rotatable bonds is 5. The van der Waals surface area contributed by atoms with Crippen molar-refractivity contribution in [2.45, 2.75) is 31.8 Å². The van der Waals surface area contributed by atoms with Crippen molar-refractivity contribution in [1.29, 1.82) is 0 Å². The summed E-state index contributed by atoms with van der Waals surface area (Å²) in [5.74, 6) is 0.560. The molecule has 2 rings (SSSR count). The topological polar surface area (TPSA) is 49.5 Å². The Morgan fingerprint density at radius 2 is 2.24 bits per heavy atom. The zero-order chi connectivity index (χ0) is 12.3. The molecule has 0 aliphatic carbocycles. The number of hydrogen-bond acceptors (Lipinski definition) is 3. The Kier molecular flexibility index (Phi) is 4.02. The van der Waals surface area contributed by atoms with Crippen LogP contribution in [0.25, 0.3) is 0 Å². The van der Waals surface area contributed by atoms with E-state index in [4.69, 9.17) is 5.73 Å². The Morgan fingerprint density at radius 3 is 2.94 bits per heavy atom. The van der Waals surface area contributed by atoms with Crippen LogP contribution in [0.15, 0.2) is 24.3 Å². The van der Waals surface area contributed by atoms with E-state index >= 15 is 0 Å². The van der Waals surface area contributed by atoms with E-state index in [-0.39, 0.29) is 6.10 Å². The summed E-state index contributed by atoms with van der Waals surface area (Å²) in [7, 11) is 0. The number of hydrogen-bond donors (Lipinski definition) is 2. The SMILES string of the molecule is CC(O)CCN1CC(CCN)c2ccccc21. The normalized spacial score (nSPS) is 20.4. The molecule has 3 N–H and O–H groups in total. The third-order valence-electron chi connectivity index (χ3n) is 3.49. The van der Waals surface area contributed by atoms with Crippen molar-refractivity contribution in [3.8, 4) is 0 Å². The lowest BCUT2D eigenvalue weighted by molar-refractivity contribution is 0.186. The van der Waals surface area contributed by atoms with Gasteiger partial charge in [-0.3, -0.25) is 0 Å². The molecule has 1 aliphatic heterocycles. The number of para-hydroxylation sites is 1. The van der Waals surface area contributed by atoms with Crippen LogP contribution in [-0.4, -0.2) is 30.8 Å². The van der Waals surface area contributed by atoms with Crippen LogP contribution in [0.1, 0.15) is 31.2 Å². The number of nitrogens with two attached hydrogens (primary N) is 1. The van der Waals surface area contributed by atoms with Gasteiger partial charge in [-0.1, -0.05) is 18.2 Å². The molecule has 0 bridgehead atoms. The molecule has 2 unspecified atom stereocenters. The van der Waals surface area contributed by atoms with Gasteiger partial charge in [0.2, 0.25) is 0 Å². The zero-order valence-corrected chi connectivity index (χ0v) is 10.5. The van der Waals surface area contributed by atoms with Crippen molar-refractivity contribution in [1.82, 2.24) is 0 Å². The van der Waals surface area contributed by atoms with Crippen molar-refractivity contribution < 1.29 is 5.11 Å². The summed E-state index contributed by atoms with van der Waals surface area (Å²) in [4.78, 5) is 2.38. The third kappa shape index (κ3) is 2.79. The van der Waals surface area contributed by atoms with E-state index < -0.39 is 0 Å². The van der Waals surface area contributed by atoms with Gasteiger partial charge in [-0.2, -0.15) is 0 Å².